The second-order valence-electron chi connectivity index (χ2n) is 4.03. The summed E-state index contributed by atoms with van der Waals surface area (Å²) in [7, 11) is -4.50. The normalized spacial score (nSPS) is 13.5. The topological polar surface area (TPSA) is 46.2 Å². The molecule has 0 fully saturated rings. The van der Waals surface area contributed by atoms with E-state index in [9.17, 15) is 17.2 Å². The minimum atomic E-state index is -4.50. The molecule has 0 aromatic heterocycles. The second kappa shape index (κ2) is 7.09. The molecule has 0 aliphatic heterocycles. The van der Waals surface area contributed by atoms with Crippen LogP contribution in [0.3, 0.4) is 0 Å². The molecule has 1 atom stereocenters. The van der Waals surface area contributed by atoms with Crippen molar-refractivity contribution >= 4 is 27.3 Å². The zero-order chi connectivity index (χ0) is 14.5. The van der Waals surface area contributed by atoms with Crippen molar-refractivity contribution in [3.05, 3.63) is 24.3 Å². The predicted molar refractivity (Wildman–Crippen MR) is 75.7 cm³/mol. The first-order valence-corrected chi connectivity index (χ1v) is 8.73. The smallest absolute Gasteiger partial charge is 0.341 e. The van der Waals surface area contributed by atoms with Gasteiger partial charge >= 0.3 is 5.76 Å². The Kier molecular flexibility index (Phi) is 6.06. The van der Waals surface area contributed by atoms with E-state index in [4.69, 9.17) is 0 Å². The lowest BCUT2D eigenvalue weighted by atomic mass is 10.2. The van der Waals surface area contributed by atoms with E-state index in [1.165, 1.54) is 24.3 Å². The van der Waals surface area contributed by atoms with Crippen LogP contribution in [0.5, 0.6) is 0 Å². The van der Waals surface area contributed by atoms with Crippen LogP contribution >= 0.6 is 11.8 Å². The van der Waals surface area contributed by atoms with Gasteiger partial charge in [-0.1, -0.05) is 6.92 Å². The molecule has 108 valence electrons. The molecule has 0 aliphatic carbocycles. The third kappa shape index (κ3) is 4.35. The largest absolute Gasteiger partial charge is 0.381 e. The van der Waals surface area contributed by atoms with E-state index >= 15 is 0 Å². The minimum absolute atomic E-state index is 0.271. The average molecular weight is 309 g/mol. The Morgan fingerprint density at radius 3 is 2.26 bits per heavy atom. The Labute approximate surface area is 116 Å². The third-order valence-electron chi connectivity index (χ3n) is 2.65. The van der Waals surface area contributed by atoms with Crippen LogP contribution in [-0.4, -0.2) is 32.2 Å². The Morgan fingerprint density at radius 1 is 1.26 bits per heavy atom. The van der Waals surface area contributed by atoms with E-state index in [1.807, 2.05) is 13.2 Å². The number of anilines is 1. The Bertz CT molecular complexity index is 489. The zero-order valence-electron chi connectivity index (χ0n) is 10.8. The number of thioether (sulfide) groups is 1. The molecule has 1 rings (SSSR count). The molecule has 3 nitrogen and oxygen atoms in total. The summed E-state index contributed by atoms with van der Waals surface area (Å²) in [6.45, 7) is 2.05. The van der Waals surface area contributed by atoms with Crippen LogP contribution in [0, 0.1) is 0 Å². The van der Waals surface area contributed by atoms with Crippen molar-refractivity contribution in [3.63, 3.8) is 0 Å². The van der Waals surface area contributed by atoms with Crippen molar-refractivity contribution in [2.75, 3.05) is 17.3 Å². The van der Waals surface area contributed by atoms with Crippen LogP contribution in [0.15, 0.2) is 29.2 Å². The van der Waals surface area contributed by atoms with Crippen molar-refractivity contribution in [2.45, 2.75) is 30.0 Å². The molecule has 1 unspecified atom stereocenters. The van der Waals surface area contributed by atoms with Crippen molar-refractivity contribution < 1.29 is 17.2 Å². The Balaban J connectivity index is 2.82. The average Bonchev–Trinajstić information content (AvgIpc) is 2.38. The number of halogens is 2. The summed E-state index contributed by atoms with van der Waals surface area (Å²) in [5.74, 6) is -2.46. The molecule has 0 bridgehead atoms. The van der Waals surface area contributed by atoms with E-state index < -0.39 is 15.6 Å². The molecule has 0 spiro atoms. The lowest BCUT2D eigenvalue weighted by Crippen LogP contribution is -2.21. The fourth-order valence-electron chi connectivity index (χ4n) is 1.54. The molecular weight excluding hydrogens is 292 g/mol. The van der Waals surface area contributed by atoms with Gasteiger partial charge in [0.15, 0.2) is 0 Å². The molecule has 1 N–H and O–H groups in total. The van der Waals surface area contributed by atoms with Crippen LogP contribution in [0.1, 0.15) is 13.3 Å². The highest BCUT2D eigenvalue weighted by Gasteiger charge is 2.26. The van der Waals surface area contributed by atoms with Gasteiger partial charge in [-0.25, -0.2) is 8.42 Å². The maximum atomic E-state index is 12.4. The molecule has 0 amide bonds. The number of nitrogens with one attached hydrogen (secondary N) is 1. The van der Waals surface area contributed by atoms with Gasteiger partial charge < -0.3 is 5.32 Å². The fourth-order valence-corrected chi connectivity index (χ4v) is 2.98. The number of rotatable bonds is 7. The predicted octanol–water partition coefficient (Wildman–Crippen LogP) is 3.24. The van der Waals surface area contributed by atoms with Gasteiger partial charge in [0, 0.05) is 17.5 Å². The van der Waals surface area contributed by atoms with Gasteiger partial charge in [0.2, 0.25) is 9.84 Å². The highest BCUT2D eigenvalue weighted by atomic mass is 32.2. The van der Waals surface area contributed by atoms with Crippen LogP contribution < -0.4 is 5.32 Å². The monoisotopic (exact) mass is 309 g/mol. The first-order chi connectivity index (χ1) is 8.91. The van der Waals surface area contributed by atoms with Crippen LogP contribution in [0.2, 0.25) is 0 Å². The molecule has 0 heterocycles. The summed E-state index contributed by atoms with van der Waals surface area (Å²) < 4.78 is 47.2. The van der Waals surface area contributed by atoms with Crippen LogP contribution in [0.4, 0.5) is 14.5 Å². The van der Waals surface area contributed by atoms with Crippen LogP contribution in [0.25, 0.3) is 0 Å². The number of sulfone groups is 1. The van der Waals surface area contributed by atoms with E-state index in [2.05, 4.69) is 5.32 Å². The van der Waals surface area contributed by atoms with Gasteiger partial charge in [-0.15, -0.1) is 0 Å². The van der Waals surface area contributed by atoms with E-state index in [0.29, 0.717) is 0 Å². The van der Waals surface area contributed by atoms with Gasteiger partial charge in [-0.2, -0.15) is 20.5 Å². The molecule has 1 aromatic rings. The molecule has 1 aromatic carbocycles. The number of alkyl halides is 2. The summed E-state index contributed by atoms with van der Waals surface area (Å²) in [5, 5.41) is 3.23. The molecule has 0 saturated heterocycles. The number of hydrogen-bond acceptors (Lipinski definition) is 4. The molecule has 19 heavy (non-hydrogen) atoms. The second-order valence-corrected chi connectivity index (χ2v) is 6.86. The van der Waals surface area contributed by atoms with Crippen molar-refractivity contribution in [1.29, 1.82) is 0 Å². The summed E-state index contributed by atoms with van der Waals surface area (Å²) >= 11 is 1.71. The molecular formula is C12H17F2NO2S2. The SMILES string of the molecule is CCC(CSC)Nc1ccc(S(=O)(=O)C(F)F)cc1. The first kappa shape index (κ1) is 16.2. The highest BCUT2D eigenvalue weighted by molar-refractivity contribution is 7.98. The Hall–Kier alpha value is -0.820. The standard InChI is InChI=1S/C12H17F2NO2S2/c1-3-9(8-18-2)15-10-4-6-11(7-5-10)19(16,17)12(13)14/h4-7,9,12,15H,3,8H2,1-2H3. The minimum Gasteiger partial charge on any atom is -0.381 e. The van der Waals surface area contributed by atoms with E-state index in [-0.39, 0.29) is 10.9 Å². The van der Waals surface area contributed by atoms with Crippen molar-refractivity contribution in [3.8, 4) is 0 Å². The van der Waals surface area contributed by atoms with Gasteiger partial charge in [-0.05, 0) is 36.9 Å². The summed E-state index contributed by atoms with van der Waals surface area (Å²) in [5.41, 5.74) is 0.731. The van der Waals surface area contributed by atoms with Gasteiger partial charge in [0.25, 0.3) is 0 Å². The third-order valence-corrected chi connectivity index (χ3v) is 4.78. The zero-order valence-corrected chi connectivity index (χ0v) is 12.4. The lowest BCUT2D eigenvalue weighted by Gasteiger charge is -2.17. The van der Waals surface area contributed by atoms with Crippen molar-refractivity contribution in [2.24, 2.45) is 0 Å². The molecule has 0 aliphatic rings. The Morgan fingerprint density at radius 2 is 1.84 bits per heavy atom. The van der Waals surface area contributed by atoms with Gasteiger partial charge in [0.05, 0.1) is 4.90 Å². The first-order valence-electron chi connectivity index (χ1n) is 5.79. The fraction of sp³-hybridized carbons (Fsp3) is 0.500. The van der Waals surface area contributed by atoms with Gasteiger partial charge in [0.1, 0.15) is 0 Å². The molecule has 0 saturated carbocycles. The number of benzene rings is 1. The van der Waals surface area contributed by atoms with Gasteiger partial charge in [-0.3, -0.25) is 0 Å². The number of hydrogen-bond donors (Lipinski definition) is 1. The summed E-state index contributed by atoms with van der Waals surface area (Å²) in [6.07, 6.45) is 2.93. The molecule has 7 heteroatoms. The van der Waals surface area contributed by atoms with E-state index in [1.54, 1.807) is 11.8 Å². The van der Waals surface area contributed by atoms with Crippen LogP contribution in [-0.2, 0) is 9.84 Å². The maximum Gasteiger partial charge on any atom is 0.341 e. The maximum absolute atomic E-state index is 12.4. The summed E-state index contributed by atoms with van der Waals surface area (Å²) in [6, 6.07) is 5.70. The van der Waals surface area contributed by atoms with E-state index in [0.717, 1.165) is 17.9 Å². The summed E-state index contributed by atoms with van der Waals surface area (Å²) in [4.78, 5) is -0.356. The quantitative estimate of drug-likeness (QED) is 0.840. The molecule has 0 radical (unpaired) electrons. The highest BCUT2D eigenvalue weighted by Crippen LogP contribution is 2.21. The van der Waals surface area contributed by atoms with Crippen molar-refractivity contribution in [1.82, 2.24) is 0 Å². The lowest BCUT2D eigenvalue weighted by molar-refractivity contribution is 0.234.